The van der Waals surface area contributed by atoms with Gasteiger partial charge in [0.25, 0.3) is 5.91 Å². The van der Waals surface area contributed by atoms with Crippen LogP contribution in [0.3, 0.4) is 0 Å². The van der Waals surface area contributed by atoms with Crippen molar-refractivity contribution in [2.45, 2.75) is 13.8 Å². The van der Waals surface area contributed by atoms with Crippen molar-refractivity contribution in [2.75, 3.05) is 14.1 Å². The van der Waals surface area contributed by atoms with Crippen LogP contribution in [0.4, 0.5) is 0 Å². The molecule has 0 aliphatic rings. The molecule has 0 saturated heterocycles. The Morgan fingerprint density at radius 1 is 1.56 bits per heavy atom. The fourth-order valence-corrected chi connectivity index (χ4v) is 1.34. The molecule has 0 unspecified atom stereocenters. The monoisotopic (exact) mass is 218 g/mol. The number of carbonyl (C=O) groups excluding carboxylic acids is 1. The maximum atomic E-state index is 11.9. The summed E-state index contributed by atoms with van der Waals surface area (Å²) in [7, 11) is 3.51. The van der Waals surface area contributed by atoms with Crippen molar-refractivity contribution in [1.82, 2.24) is 14.7 Å². The summed E-state index contributed by atoms with van der Waals surface area (Å²) in [5.74, 6) is -0.401. The molecule has 0 saturated carbocycles. The Morgan fingerprint density at radius 2 is 2.19 bits per heavy atom. The number of hydrogen-bond acceptors (Lipinski definition) is 4. The van der Waals surface area contributed by atoms with E-state index in [2.05, 4.69) is 5.10 Å². The maximum Gasteiger partial charge on any atom is 0.290 e. The maximum absolute atomic E-state index is 11.9. The van der Waals surface area contributed by atoms with Gasteiger partial charge in [-0.3, -0.25) is 4.79 Å². The molecule has 0 amide bonds. The van der Waals surface area contributed by atoms with Gasteiger partial charge in [-0.1, -0.05) is 0 Å². The summed E-state index contributed by atoms with van der Waals surface area (Å²) in [5.41, 5.74) is 1.55. The highest BCUT2D eigenvalue weighted by molar-refractivity contribution is 5.98. The van der Waals surface area contributed by atoms with Gasteiger partial charge in [-0.15, -0.1) is 0 Å². The van der Waals surface area contributed by atoms with Crippen LogP contribution in [0.5, 0.6) is 0 Å². The Morgan fingerprint density at radius 3 is 2.56 bits per heavy atom. The summed E-state index contributed by atoms with van der Waals surface area (Å²) in [4.78, 5) is 13.6. The number of nitriles is 1. The fourth-order valence-electron chi connectivity index (χ4n) is 1.34. The van der Waals surface area contributed by atoms with E-state index >= 15 is 0 Å². The van der Waals surface area contributed by atoms with Crippen molar-refractivity contribution in [3.8, 4) is 6.07 Å². The van der Waals surface area contributed by atoms with E-state index in [9.17, 15) is 4.79 Å². The van der Waals surface area contributed by atoms with Crippen LogP contribution in [-0.2, 0) is 0 Å². The van der Waals surface area contributed by atoms with Crippen LogP contribution in [0.2, 0.25) is 0 Å². The van der Waals surface area contributed by atoms with Gasteiger partial charge >= 0.3 is 0 Å². The van der Waals surface area contributed by atoms with E-state index in [1.807, 2.05) is 6.07 Å². The van der Waals surface area contributed by atoms with Crippen molar-refractivity contribution in [3.05, 3.63) is 29.2 Å². The van der Waals surface area contributed by atoms with Crippen molar-refractivity contribution in [1.29, 1.82) is 5.26 Å². The molecule has 1 rings (SSSR count). The quantitative estimate of drug-likeness (QED) is 0.551. The third kappa shape index (κ3) is 2.48. The van der Waals surface area contributed by atoms with Gasteiger partial charge in [-0.25, -0.2) is 4.68 Å². The summed E-state index contributed by atoms with van der Waals surface area (Å²) in [6, 6.07) is 3.67. The molecule has 1 heterocycles. The normalized spacial score (nSPS) is 11.1. The zero-order chi connectivity index (χ0) is 12.3. The lowest BCUT2D eigenvalue weighted by Crippen LogP contribution is -2.18. The minimum absolute atomic E-state index is 0.0659. The van der Waals surface area contributed by atoms with Crippen molar-refractivity contribution in [2.24, 2.45) is 0 Å². The zero-order valence-electron chi connectivity index (χ0n) is 9.85. The van der Waals surface area contributed by atoms with Crippen molar-refractivity contribution >= 4 is 5.91 Å². The van der Waals surface area contributed by atoms with Crippen LogP contribution in [-0.4, -0.2) is 34.7 Å². The van der Waals surface area contributed by atoms with Gasteiger partial charge in [-0.05, 0) is 19.9 Å². The summed E-state index contributed by atoms with van der Waals surface area (Å²) in [5, 5.41) is 12.9. The van der Waals surface area contributed by atoms with Crippen molar-refractivity contribution < 1.29 is 4.79 Å². The number of aromatic nitrogens is 2. The van der Waals surface area contributed by atoms with Gasteiger partial charge in [0.05, 0.1) is 5.69 Å². The van der Waals surface area contributed by atoms with Gasteiger partial charge in [0, 0.05) is 26.0 Å². The minimum Gasteiger partial charge on any atom is -0.382 e. The van der Waals surface area contributed by atoms with Gasteiger partial charge in [0.2, 0.25) is 0 Å². The highest BCUT2D eigenvalue weighted by Crippen LogP contribution is 2.06. The predicted octanol–water partition coefficient (Wildman–Crippen LogP) is 1.11. The van der Waals surface area contributed by atoms with Crippen LogP contribution < -0.4 is 0 Å². The third-order valence-electron chi connectivity index (χ3n) is 1.94. The molecule has 1 aromatic heterocycles. The molecular weight excluding hydrogens is 204 g/mol. The number of rotatable bonds is 2. The highest BCUT2D eigenvalue weighted by atomic mass is 16.2. The largest absolute Gasteiger partial charge is 0.382 e. The predicted molar refractivity (Wildman–Crippen MR) is 59.7 cm³/mol. The Balaban J connectivity index is 3.11. The van der Waals surface area contributed by atoms with E-state index in [1.165, 1.54) is 10.9 Å². The summed E-state index contributed by atoms with van der Waals surface area (Å²) < 4.78 is 1.24. The first-order valence-electron chi connectivity index (χ1n) is 4.82. The Kier molecular flexibility index (Phi) is 3.46. The molecule has 84 valence electrons. The Labute approximate surface area is 94.6 Å². The average Bonchev–Trinajstić information content (AvgIpc) is 2.53. The molecule has 16 heavy (non-hydrogen) atoms. The first kappa shape index (κ1) is 12.0. The third-order valence-corrected chi connectivity index (χ3v) is 1.94. The average molecular weight is 218 g/mol. The second kappa shape index (κ2) is 4.62. The second-order valence-electron chi connectivity index (χ2n) is 3.76. The molecule has 5 nitrogen and oxygen atoms in total. The van der Waals surface area contributed by atoms with Crippen LogP contribution >= 0.6 is 0 Å². The van der Waals surface area contributed by atoms with E-state index in [0.717, 1.165) is 11.4 Å². The van der Waals surface area contributed by atoms with Crippen LogP contribution in [0, 0.1) is 25.2 Å². The van der Waals surface area contributed by atoms with E-state index in [-0.39, 0.29) is 5.57 Å². The van der Waals surface area contributed by atoms with Gasteiger partial charge in [-0.2, -0.15) is 10.4 Å². The Bertz CT molecular complexity index is 477. The first-order valence-corrected chi connectivity index (χ1v) is 4.82. The molecule has 0 bridgehead atoms. The number of allylic oxidation sites excluding steroid dienone is 1. The number of aryl methyl sites for hydroxylation is 2. The van der Waals surface area contributed by atoms with Crippen LogP contribution in [0.15, 0.2) is 17.8 Å². The standard InChI is InChI=1S/C11H14N4O/c1-8-5-9(2)15(13-8)11(16)10(6-12)7-14(3)4/h5,7H,1-4H3/b10-7+. The van der Waals surface area contributed by atoms with E-state index in [0.29, 0.717) is 0 Å². The van der Waals surface area contributed by atoms with E-state index in [4.69, 9.17) is 5.26 Å². The molecule has 0 N–H and O–H groups in total. The summed E-state index contributed by atoms with van der Waals surface area (Å²) >= 11 is 0. The molecule has 0 fully saturated rings. The molecule has 0 atom stereocenters. The lowest BCUT2D eigenvalue weighted by atomic mass is 10.3. The summed E-state index contributed by atoms with van der Waals surface area (Å²) in [6.07, 6.45) is 1.48. The molecule has 1 aromatic rings. The smallest absolute Gasteiger partial charge is 0.290 e. The highest BCUT2D eigenvalue weighted by Gasteiger charge is 2.15. The van der Waals surface area contributed by atoms with E-state index < -0.39 is 5.91 Å². The van der Waals surface area contributed by atoms with E-state index in [1.54, 1.807) is 38.9 Å². The topological polar surface area (TPSA) is 61.9 Å². The van der Waals surface area contributed by atoms with Crippen molar-refractivity contribution in [3.63, 3.8) is 0 Å². The molecular formula is C11H14N4O. The molecule has 0 radical (unpaired) electrons. The van der Waals surface area contributed by atoms with Gasteiger partial charge in [0.15, 0.2) is 0 Å². The molecule has 0 aliphatic carbocycles. The SMILES string of the molecule is Cc1cc(C)n(C(=O)/C(C#N)=C/N(C)C)n1. The minimum atomic E-state index is -0.401. The Hall–Kier alpha value is -2.09. The summed E-state index contributed by atoms with van der Waals surface area (Å²) in [6.45, 7) is 3.58. The lowest BCUT2D eigenvalue weighted by molar-refractivity contribution is 0.0941. The number of carbonyl (C=O) groups is 1. The molecule has 0 aliphatic heterocycles. The fraction of sp³-hybridized carbons (Fsp3) is 0.364. The molecule has 5 heteroatoms. The second-order valence-corrected chi connectivity index (χ2v) is 3.76. The lowest BCUT2D eigenvalue weighted by Gasteiger charge is -2.06. The molecule has 0 aromatic carbocycles. The van der Waals surface area contributed by atoms with Crippen LogP contribution in [0.25, 0.3) is 0 Å². The van der Waals surface area contributed by atoms with Gasteiger partial charge in [0.1, 0.15) is 11.6 Å². The first-order chi connectivity index (χ1) is 7.45. The molecule has 0 spiro atoms. The number of nitrogens with zero attached hydrogens (tertiary/aromatic N) is 4. The van der Waals surface area contributed by atoms with Crippen LogP contribution in [0.1, 0.15) is 16.2 Å². The number of hydrogen-bond donors (Lipinski definition) is 0. The zero-order valence-corrected chi connectivity index (χ0v) is 9.85. The van der Waals surface area contributed by atoms with Gasteiger partial charge < -0.3 is 4.90 Å².